The molecule has 0 bridgehead atoms. The van der Waals surface area contributed by atoms with E-state index in [4.69, 9.17) is 4.74 Å². The molecular formula is C18H14O3. The Morgan fingerprint density at radius 1 is 0.810 bits per heavy atom. The van der Waals surface area contributed by atoms with Crippen molar-refractivity contribution in [3.05, 3.63) is 59.7 Å². The van der Waals surface area contributed by atoms with Crippen molar-refractivity contribution in [1.29, 1.82) is 0 Å². The Morgan fingerprint density at radius 3 is 2.52 bits per heavy atom. The second-order valence-electron chi connectivity index (χ2n) is 5.91. The van der Waals surface area contributed by atoms with Crippen molar-refractivity contribution in [1.82, 2.24) is 0 Å². The molecule has 4 atom stereocenters. The van der Waals surface area contributed by atoms with Crippen molar-refractivity contribution in [3.8, 4) is 0 Å². The zero-order chi connectivity index (χ0) is 14.1. The minimum Gasteiger partial charge on any atom is -0.387 e. The van der Waals surface area contributed by atoms with Crippen LogP contribution in [-0.4, -0.2) is 22.4 Å². The van der Waals surface area contributed by atoms with E-state index >= 15 is 0 Å². The first-order chi connectivity index (χ1) is 10.3. The van der Waals surface area contributed by atoms with Gasteiger partial charge in [-0.1, -0.05) is 48.5 Å². The lowest BCUT2D eigenvalue weighted by Crippen LogP contribution is -2.29. The van der Waals surface area contributed by atoms with Crippen LogP contribution >= 0.6 is 0 Å². The number of hydrogen-bond acceptors (Lipinski definition) is 3. The lowest BCUT2D eigenvalue weighted by Gasteiger charge is -2.25. The van der Waals surface area contributed by atoms with Gasteiger partial charge in [0.1, 0.15) is 24.4 Å². The van der Waals surface area contributed by atoms with Gasteiger partial charge in [-0.25, -0.2) is 0 Å². The van der Waals surface area contributed by atoms with Gasteiger partial charge in [0.2, 0.25) is 0 Å². The van der Waals surface area contributed by atoms with Gasteiger partial charge in [0.25, 0.3) is 0 Å². The van der Waals surface area contributed by atoms with Crippen LogP contribution in [0.5, 0.6) is 0 Å². The molecule has 21 heavy (non-hydrogen) atoms. The van der Waals surface area contributed by atoms with Gasteiger partial charge in [0, 0.05) is 0 Å². The molecular weight excluding hydrogens is 264 g/mol. The highest BCUT2D eigenvalue weighted by atomic mass is 16.6. The van der Waals surface area contributed by atoms with Gasteiger partial charge >= 0.3 is 0 Å². The molecule has 0 spiro atoms. The molecule has 3 aromatic rings. The summed E-state index contributed by atoms with van der Waals surface area (Å²) < 4.78 is 5.51. The molecule has 0 aromatic heterocycles. The van der Waals surface area contributed by atoms with E-state index in [0.717, 1.165) is 21.9 Å². The van der Waals surface area contributed by atoms with Crippen LogP contribution in [0.3, 0.4) is 0 Å². The molecule has 5 rings (SSSR count). The topological polar surface area (TPSA) is 53.0 Å². The van der Waals surface area contributed by atoms with Crippen LogP contribution in [0.2, 0.25) is 0 Å². The quantitative estimate of drug-likeness (QED) is 0.491. The minimum atomic E-state index is -0.881. The lowest BCUT2D eigenvalue weighted by atomic mass is 9.83. The number of benzene rings is 3. The van der Waals surface area contributed by atoms with Crippen LogP contribution in [0.25, 0.3) is 21.5 Å². The average Bonchev–Trinajstić information content (AvgIpc) is 3.32. The van der Waals surface area contributed by atoms with Crippen LogP contribution in [-0.2, 0) is 4.74 Å². The third kappa shape index (κ3) is 1.43. The van der Waals surface area contributed by atoms with Gasteiger partial charge in [0.05, 0.1) is 0 Å². The summed E-state index contributed by atoms with van der Waals surface area (Å²) in [6.07, 6.45) is -2.02. The summed E-state index contributed by atoms with van der Waals surface area (Å²) in [7, 11) is 0. The Balaban J connectivity index is 1.90. The number of ether oxygens (including phenoxy) is 1. The van der Waals surface area contributed by atoms with Crippen LogP contribution < -0.4 is 0 Å². The van der Waals surface area contributed by atoms with Crippen LogP contribution in [0.15, 0.2) is 48.5 Å². The number of epoxide rings is 1. The monoisotopic (exact) mass is 278 g/mol. The van der Waals surface area contributed by atoms with E-state index in [1.807, 2.05) is 24.3 Å². The number of fused-ring (bicyclic) bond motifs is 7. The molecule has 1 heterocycles. The van der Waals surface area contributed by atoms with E-state index in [2.05, 4.69) is 24.3 Å². The molecule has 3 heteroatoms. The fraction of sp³-hybridized carbons (Fsp3) is 0.222. The fourth-order valence-corrected chi connectivity index (χ4v) is 3.69. The van der Waals surface area contributed by atoms with Gasteiger partial charge < -0.3 is 14.9 Å². The predicted octanol–water partition coefficient (Wildman–Crippen LogP) is 2.84. The van der Waals surface area contributed by atoms with Crippen molar-refractivity contribution in [2.75, 3.05) is 0 Å². The normalized spacial score (nSPS) is 30.2. The maximum absolute atomic E-state index is 10.5. The third-order valence-corrected chi connectivity index (χ3v) is 4.79. The molecule has 2 N–H and O–H groups in total. The van der Waals surface area contributed by atoms with Crippen molar-refractivity contribution in [2.24, 2.45) is 0 Å². The van der Waals surface area contributed by atoms with Gasteiger partial charge in [-0.05, 0) is 32.7 Å². The highest BCUT2D eigenvalue weighted by molar-refractivity contribution is 6.09. The first-order valence-electron chi connectivity index (χ1n) is 7.21. The van der Waals surface area contributed by atoms with Gasteiger partial charge in [-0.15, -0.1) is 0 Å². The van der Waals surface area contributed by atoms with E-state index in [1.54, 1.807) is 0 Å². The fourth-order valence-electron chi connectivity index (χ4n) is 3.69. The Bertz CT molecular complexity index is 886. The Kier molecular flexibility index (Phi) is 2.13. The van der Waals surface area contributed by atoms with Gasteiger partial charge in [-0.2, -0.15) is 0 Å². The Morgan fingerprint density at radius 2 is 1.62 bits per heavy atom. The van der Waals surface area contributed by atoms with Crippen molar-refractivity contribution in [2.45, 2.75) is 24.4 Å². The molecule has 1 fully saturated rings. The Hall–Kier alpha value is -1.94. The van der Waals surface area contributed by atoms with Crippen molar-refractivity contribution >= 4 is 21.5 Å². The molecule has 0 radical (unpaired) electrons. The second-order valence-corrected chi connectivity index (χ2v) is 5.91. The third-order valence-electron chi connectivity index (χ3n) is 4.79. The molecule has 1 saturated heterocycles. The summed E-state index contributed by atoms with van der Waals surface area (Å²) in [6.45, 7) is 0. The SMILES string of the molecule is O[C@H]1[C@H]2O[C@H]2c2ccc3c(ccc4ccccc43)c2[C@@H]1O. The standard InChI is InChI=1S/C18H14O3/c19-15-14-12-6-5-9-3-1-2-4-10(9)11(12)7-8-13(14)17-18(21-17)16(15)20/h1-8,15-20H/t15-,16+,17-,18+/m0/s1. The van der Waals surface area contributed by atoms with E-state index in [1.165, 1.54) is 10.8 Å². The molecule has 3 aromatic carbocycles. The van der Waals surface area contributed by atoms with Gasteiger partial charge in [0.15, 0.2) is 0 Å². The van der Waals surface area contributed by atoms with E-state index < -0.39 is 12.2 Å². The number of rotatable bonds is 0. The zero-order valence-corrected chi connectivity index (χ0v) is 11.2. The summed E-state index contributed by atoms with van der Waals surface area (Å²) in [5.74, 6) is 0. The summed E-state index contributed by atoms with van der Waals surface area (Å²) in [4.78, 5) is 0. The van der Waals surface area contributed by atoms with E-state index in [0.29, 0.717) is 0 Å². The Labute approximate surface area is 121 Å². The molecule has 0 amide bonds. The second kappa shape index (κ2) is 3.83. The molecule has 2 aliphatic rings. The molecule has 3 nitrogen and oxygen atoms in total. The minimum absolute atomic E-state index is 0.0609. The summed E-state index contributed by atoms with van der Waals surface area (Å²) >= 11 is 0. The molecule has 0 saturated carbocycles. The summed E-state index contributed by atoms with van der Waals surface area (Å²) in [5.41, 5.74) is 1.84. The molecule has 1 aliphatic heterocycles. The maximum Gasteiger partial charge on any atom is 0.118 e. The molecule has 0 unspecified atom stereocenters. The van der Waals surface area contributed by atoms with Crippen molar-refractivity contribution < 1.29 is 14.9 Å². The smallest absolute Gasteiger partial charge is 0.118 e. The van der Waals surface area contributed by atoms with Crippen LogP contribution in [0, 0.1) is 0 Å². The predicted molar refractivity (Wildman–Crippen MR) is 80.0 cm³/mol. The van der Waals surface area contributed by atoms with Gasteiger partial charge in [-0.3, -0.25) is 0 Å². The first kappa shape index (κ1) is 11.7. The number of aliphatic hydroxyl groups excluding tert-OH is 2. The highest BCUT2D eigenvalue weighted by Gasteiger charge is 2.54. The summed E-state index contributed by atoms with van der Waals surface area (Å²) in [6, 6.07) is 16.4. The maximum atomic E-state index is 10.5. The lowest BCUT2D eigenvalue weighted by molar-refractivity contribution is 0.000831. The van der Waals surface area contributed by atoms with E-state index in [-0.39, 0.29) is 12.2 Å². The van der Waals surface area contributed by atoms with Crippen LogP contribution in [0.1, 0.15) is 23.3 Å². The zero-order valence-electron chi connectivity index (χ0n) is 11.2. The molecule has 104 valence electrons. The summed E-state index contributed by atoms with van der Waals surface area (Å²) in [5, 5.41) is 25.1. The number of aliphatic hydroxyl groups is 2. The van der Waals surface area contributed by atoms with Crippen molar-refractivity contribution in [3.63, 3.8) is 0 Å². The number of hydrogen-bond donors (Lipinski definition) is 2. The molecule has 1 aliphatic carbocycles. The highest BCUT2D eigenvalue weighted by Crippen LogP contribution is 2.52. The van der Waals surface area contributed by atoms with E-state index in [9.17, 15) is 10.2 Å². The van der Waals surface area contributed by atoms with Crippen LogP contribution in [0.4, 0.5) is 0 Å². The largest absolute Gasteiger partial charge is 0.387 e. The average molecular weight is 278 g/mol. The first-order valence-corrected chi connectivity index (χ1v) is 7.21.